The van der Waals surface area contributed by atoms with Crippen molar-refractivity contribution in [2.24, 2.45) is 10.3 Å². The number of hydrogen-bond donors (Lipinski definition) is 0. The van der Waals surface area contributed by atoms with E-state index in [2.05, 4.69) is 10.3 Å². The summed E-state index contributed by atoms with van der Waals surface area (Å²) in [6.45, 7) is 5.06. The van der Waals surface area contributed by atoms with Crippen molar-refractivity contribution in [3.05, 3.63) is 0 Å². The van der Waals surface area contributed by atoms with Gasteiger partial charge in [-0.15, -0.1) is 5.11 Å². The lowest BCUT2D eigenvalue weighted by Crippen LogP contribution is -2.30. The van der Waals surface area contributed by atoms with Crippen LogP contribution >= 0.6 is 12.2 Å². The van der Waals surface area contributed by atoms with Crippen LogP contribution in [0.4, 0.5) is 0 Å². The molecule has 0 fully saturated rings. The lowest BCUT2D eigenvalue weighted by Gasteiger charge is -2.16. The Hall–Kier alpha value is -0.550. The summed E-state index contributed by atoms with van der Waals surface area (Å²) in [7, 11) is 0. The molecular formula is C6H11N3OS. The summed E-state index contributed by atoms with van der Waals surface area (Å²) in [5, 5.41) is 9.31. The molecule has 0 aromatic carbocycles. The highest BCUT2D eigenvalue weighted by atomic mass is 32.1. The maximum absolute atomic E-state index is 5.15. The molecule has 1 aliphatic rings. The van der Waals surface area contributed by atoms with Crippen LogP contribution in [-0.4, -0.2) is 29.4 Å². The van der Waals surface area contributed by atoms with Gasteiger partial charge in [0.2, 0.25) is 0 Å². The van der Waals surface area contributed by atoms with Gasteiger partial charge < -0.3 is 4.74 Å². The molecule has 0 aromatic rings. The highest BCUT2D eigenvalue weighted by Gasteiger charge is 2.22. The van der Waals surface area contributed by atoms with E-state index in [9.17, 15) is 0 Å². The van der Waals surface area contributed by atoms with E-state index in [0.717, 1.165) is 0 Å². The van der Waals surface area contributed by atoms with Crippen LogP contribution in [0.1, 0.15) is 13.8 Å². The smallest absolute Gasteiger partial charge is 0.151 e. The zero-order valence-corrected chi connectivity index (χ0v) is 7.47. The molecule has 1 aliphatic heterocycles. The van der Waals surface area contributed by atoms with Crippen LogP contribution in [0.2, 0.25) is 0 Å². The lowest BCUT2D eigenvalue weighted by atomic mass is 10.3. The molecule has 0 aromatic heterocycles. The van der Waals surface area contributed by atoms with Crippen LogP contribution in [0.25, 0.3) is 0 Å². The zero-order chi connectivity index (χ0) is 8.27. The molecule has 0 N–H and O–H groups in total. The molecule has 5 heteroatoms. The first kappa shape index (κ1) is 8.55. The van der Waals surface area contributed by atoms with E-state index in [1.54, 1.807) is 5.01 Å². The van der Waals surface area contributed by atoms with Crippen LogP contribution in [0.3, 0.4) is 0 Å². The Morgan fingerprint density at radius 1 is 1.73 bits per heavy atom. The van der Waals surface area contributed by atoms with E-state index in [1.165, 1.54) is 0 Å². The maximum atomic E-state index is 5.15. The summed E-state index contributed by atoms with van der Waals surface area (Å²) in [6.07, 6.45) is 0. The van der Waals surface area contributed by atoms with Crippen LogP contribution in [0.5, 0.6) is 0 Å². The summed E-state index contributed by atoms with van der Waals surface area (Å²) < 4.78 is 5.15. The van der Waals surface area contributed by atoms with E-state index in [4.69, 9.17) is 17.0 Å². The molecule has 0 radical (unpaired) electrons. The second kappa shape index (κ2) is 3.73. The number of ether oxygens (including phenoxy) is 1. The van der Waals surface area contributed by atoms with E-state index in [-0.39, 0.29) is 6.04 Å². The van der Waals surface area contributed by atoms with Gasteiger partial charge in [-0.2, -0.15) is 0 Å². The first-order chi connectivity index (χ1) is 5.25. The molecule has 0 saturated heterocycles. The maximum Gasteiger partial charge on any atom is 0.151 e. The van der Waals surface area contributed by atoms with Gasteiger partial charge in [-0.25, -0.2) is 5.01 Å². The molecule has 4 nitrogen and oxygen atoms in total. The Bertz CT molecular complexity index is 183. The van der Waals surface area contributed by atoms with Crippen molar-refractivity contribution in [1.29, 1.82) is 0 Å². The second-order valence-electron chi connectivity index (χ2n) is 2.27. The molecule has 1 atom stereocenters. The molecule has 0 aliphatic carbocycles. The minimum Gasteiger partial charge on any atom is -0.360 e. The van der Waals surface area contributed by atoms with Gasteiger partial charge in [0.1, 0.15) is 12.8 Å². The Kier molecular flexibility index (Phi) is 2.90. The fourth-order valence-corrected chi connectivity index (χ4v) is 0.871. The van der Waals surface area contributed by atoms with E-state index in [1.807, 2.05) is 13.8 Å². The van der Waals surface area contributed by atoms with Crippen LogP contribution in [-0.2, 0) is 4.74 Å². The van der Waals surface area contributed by atoms with Crippen LogP contribution in [0, 0.1) is 0 Å². The van der Waals surface area contributed by atoms with Crippen molar-refractivity contribution in [3.8, 4) is 0 Å². The average molecular weight is 173 g/mol. The lowest BCUT2D eigenvalue weighted by molar-refractivity contribution is 0.0311. The third kappa shape index (κ3) is 1.94. The molecule has 11 heavy (non-hydrogen) atoms. The van der Waals surface area contributed by atoms with Gasteiger partial charge in [0.15, 0.2) is 4.99 Å². The quantitative estimate of drug-likeness (QED) is 0.605. The molecule has 0 amide bonds. The van der Waals surface area contributed by atoms with Gasteiger partial charge in [-0.3, -0.25) is 0 Å². The third-order valence-corrected chi connectivity index (χ3v) is 1.91. The first-order valence-electron chi connectivity index (χ1n) is 3.55. The molecule has 62 valence electrons. The number of rotatable bonds is 3. The molecule has 1 heterocycles. The fraction of sp³-hybridized carbons (Fsp3) is 0.833. The molecule has 0 bridgehead atoms. The summed E-state index contributed by atoms with van der Waals surface area (Å²) >= 11 is 4.91. The summed E-state index contributed by atoms with van der Waals surface area (Å²) in [5.74, 6) is 0. The fourth-order valence-electron chi connectivity index (χ4n) is 0.712. The summed E-state index contributed by atoms with van der Waals surface area (Å²) in [5.41, 5.74) is 0. The van der Waals surface area contributed by atoms with Gasteiger partial charge in [0, 0.05) is 6.61 Å². The third-order valence-electron chi connectivity index (χ3n) is 1.49. The SMILES string of the molecule is CCOCN1N=NC(=S)C1C. The van der Waals surface area contributed by atoms with Gasteiger partial charge >= 0.3 is 0 Å². The zero-order valence-electron chi connectivity index (χ0n) is 6.65. The molecule has 1 unspecified atom stereocenters. The van der Waals surface area contributed by atoms with Gasteiger partial charge in [0.25, 0.3) is 0 Å². The van der Waals surface area contributed by atoms with E-state index in [0.29, 0.717) is 18.3 Å². The molecule has 1 rings (SSSR count). The number of hydrogen-bond acceptors (Lipinski definition) is 4. The van der Waals surface area contributed by atoms with Crippen molar-refractivity contribution in [1.82, 2.24) is 5.01 Å². The number of nitrogens with zero attached hydrogens (tertiary/aromatic N) is 3. The minimum atomic E-state index is 0.108. The normalized spacial score (nSPS) is 23.3. The second-order valence-corrected chi connectivity index (χ2v) is 2.68. The van der Waals surface area contributed by atoms with Gasteiger partial charge in [-0.1, -0.05) is 17.4 Å². The predicted octanol–water partition coefficient (Wildman–Crippen LogP) is 1.38. The summed E-state index contributed by atoms with van der Waals surface area (Å²) in [6, 6.07) is 0.108. The van der Waals surface area contributed by atoms with Gasteiger partial charge in [-0.05, 0) is 13.8 Å². The van der Waals surface area contributed by atoms with Crippen LogP contribution in [0.15, 0.2) is 10.3 Å². The van der Waals surface area contributed by atoms with Crippen LogP contribution < -0.4 is 0 Å². The Balaban J connectivity index is 2.36. The summed E-state index contributed by atoms with van der Waals surface area (Å²) in [4.78, 5) is 0.629. The average Bonchev–Trinajstić information content (AvgIpc) is 2.31. The predicted molar refractivity (Wildman–Crippen MR) is 45.2 cm³/mol. The van der Waals surface area contributed by atoms with Crippen molar-refractivity contribution >= 4 is 17.2 Å². The molecule has 0 spiro atoms. The Morgan fingerprint density at radius 3 is 2.91 bits per heavy atom. The van der Waals surface area contributed by atoms with Crippen molar-refractivity contribution < 1.29 is 4.74 Å². The standard InChI is InChI=1S/C6H11N3OS/c1-3-10-4-9-5(2)6(11)7-8-9/h5H,3-4H2,1-2H3. The number of thiocarbonyl (C=S) groups is 1. The first-order valence-corrected chi connectivity index (χ1v) is 3.96. The van der Waals surface area contributed by atoms with E-state index < -0.39 is 0 Å². The largest absolute Gasteiger partial charge is 0.360 e. The van der Waals surface area contributed by atoms with Crippen molar-refractivity contribution in [2.45, 2.75) is 19.9 Å². The minimum absolute atomic E-state index is 0.108. The highest BCUT2D eigenvalue weighted by molar-refractivity contribution is 7.80. The van der Waals surface area contributed by atoms with Gasteiger partial charge in [0.05, 0.1) is 0 Å². The Morgan fingerprint density at radius 2 is 2.45 bits per heavy atom. The Labute approximate surface area is 71.2 Å². The van der Waals surface area contributed by atoms with E-state index >= 15 is 0 Å². The van der Waals surface area contributed by atoms with Crippen molar-refractivity contribution in [3.63, 3.8) is 0 Å². The topological polar surface area (TPSA) is 37.2 Å². The van der Waals surface area contributed by atoms with Crippen molar-refractivity contribution in [2.75, 3.05) is 13.3 Å². The monoisotopic (exact) mass is 173 g/mol. The molecular weight excluding hydrogens is 162 g/mol. The highest BCUT2D eigenvalue weighted by Crippen LogP contribution is 2.11. The molecule has 0 saturated carbocycles.